The molecule has 0 amide bonds. The van der Waals surface area contributed by atoms with Crippen molar-refractivity contribution in [1.82, 2.24) is 9.71 Å². The fourth-order valence-electron chi connectivity index (χ4n) is 3.83. The molecule has 0 bridgehead atoms. The number of nitrogens with one attached hydrogen (secondary N) is 2. The minimum absolute atomic E-state index is 0.128. The summed E-state index contributed by atoms with van der Waals surface area (Å²) in [5.74, 6) is 0.857. The molecule has 0 unspecified atom stereocenters. The number of hydrogen-bond acceptors (Lipinski definition) is 4. The zero-order chi connectivity index (χ0) is 19.2. The Bertz CT molecular complexity index is 1110. The highest BCUT2D eigenvalue weighted by atomic mass is 32.2. The second kappa shape index (κ2) is 6.65. The van der Waals surface area contributed by atoms with E-state index in [2.05, 4.69) is 9.71 Å². The molecule has 2 heterocycles. The molecule has 6 nitrogen and oxygen atoms in total. The Morgan fingerprint density at radius 3 is 2.85 bits per heavy atom. The molecule has 0 radical (unpaired) electrons. The Kier molecular flexibility index (Phi) is 4.44. The van der Waals surface area contributed by atoms with Gasteiger partial charge in [-0.3, -0.25) is 4.79 Å². The number of hydrogen-bond donors (Lipinski definition) is 2. The standard InChI is InChI=1S/C20H22N2O4S/c1-12-9-15-17(21-16-6-3-7-18(23)20(15)16)11-19(12)27(24,25)22-13(2)10-14-5-4-8-26-14/h4-5,8-9,11,13,21-22H,3,6-7,10H2,1-2H3/t13-/m0/s1. The maximum atomic E-state index is 12.9. The van der Waals surface area contributed by atoms with Crippen LogP contribution >= 0.6 is 0 Å². The smallest absolute Gasteiger partial charge is 0.241 e. The molecular weight excluding hydrogens is 364 g/mol. The number of H-pyrrole nitrogens is 1. The fourth-order valence-corrected chi connectivity index (χ4v) is 5.33. The summed E-state index contributed by atoms with van der Waals surface area (Å²) < 4.78 is 33.8. The van der Waals surface area contributed by atoms with E-state index < -0.39 is 10.0 Å². The van der Waals surface area contributed by atoms with Crippen LogP contribution < -0.4 is 4.72 Å². The van der Waals surface area contributed by atoms with Gasteiger partial charge in [0, 0.05) is 41.0 Å². The second-order valence-corrected chi connectivity index (χ2v) is 8.91. The van der Waals surface area contributed by atoms with Crippen LogP contribution in [0, 0.1) is 6.92 Å². The summed E-state index contributed by atoms with van der Waals surface area (Å²) in [6.07, 6.45) is 4.23. The predicted molar refractivity (Wildman–Crippen MR) is 102 cm³/mol. The molecule has 0 saturated heterocycles. The molecule has 2 N–H and O–H groups in total. The minimum atomic E-state index is -3.70. The van der Waals surface area contributed by atoms with Gasteiger partial charge in [0.15, 0.2) is 5.78 Å². The molecule has 27 heavy (non-hydrogen) atoms. The topological polar surface area (TPSA) is 92.2 Å². The zero-order valence-corrected chi connectivity index (χ0v) is 16.2. The number of aromatic amines is 1. The van der Waals surface area contributed by atoms with Crippen LogP contribution in [0.4, 0.5) is 0 Å². The van der Waals surface area contributed by atoms with Gasteiger partial charge < -0.3 is 9.40 Å². The van der Waals surface area contributed by atoms with E-state index >= 15 is 0 Å². The van der Waals surface area contributed by atoms with Gasteiger partial charge in [-0.2, -0.15) is 0 Å². The molecule has 0 fully saturated rings. The summed E-state index contributed by atoms with van der Waals surface area (Å²) in [6.45, 7) is 3.57. The number of ketones is 1. The first-order chi connectivity index (χ1) is 12.8. The molecule has 1 aliphatic rings. The van der Waals surface area contributed by atoms with Crippen molar-refractivity contribution in [2.24, 2.45) is 0 Å². The molecule has 3 aromatic rings. The fraction of sp³-hybridized carbons (Fsp3) is 0.350. The number of rotatable bonds is 5. The minimum Gasteiger partial charge on any atom is -0.469 e. The van der Waals surface area contributed by atoms with Crippen LogP contribution in [0.3, 0.4) is 0 Å². The molecular formula is C20H22N2O4S. The van der Waals surface area contributed by atoms with Crippen LogP contribution in [0.5, 0.6) is 0 Å². The third-order valence-electron chi connectivity index (χ3n) is 5.01. The first kappa shape index (κ1) is 18.0. The maximum absolute atomic E-state index is 12.9. The van der Waals surface area contributed by atoms with E-state index in [4.69, 9.17) is 4.42 Å². The normalized spacial score (nSPS) is 15.9. The zero-order valence-electron chi connectivity index (χ0n) is 15.3. The van der Waals surface area contributed by atoms with Crippen molar-refractivity contribution in [3.05, 3.63) is 53.1 Å². The second-order valence-electron chi connectivity index (χ2n) is 7.22. The number of fused-ring (bicyclic) bond motifs is 3. The molecule has 1 atom stereocenters. The van der Waals surface area contributed by atoms with Gasteiger partial charge in [-0.15, -0.1) is 0 Å². The largest absolute Gasteiger partial charge is 0.469 e. The van der Waals surface area contributed by atoms with Crippen LogP contribution in [0.15, 0.2) is 39.8 Å². The first-order valence-corrected chi connectivity index (χ1v) is 10.6. The predicted octanol–water partition coefficient (Wildman–Crippen LogP) is 3.50. The molecule has 1 aliphatic carbocycles. The molecule has 142 valence electrons. The Balaban J connectivity index is 1.68. The van der Waals surface area contributed by atoms with Crippen LogP contribution in [-0.2, 0) is 22.9 Å². The molecule has 2 aromatic heterocycles. The summed E-state index contributed by atoms with van der Waals surface area (Å²) >= 11 is 0. The maximum Gasteiger partial charge on any atom is 0.241 e. The van der Waals surface area contributed by atoms with Gasteiger partial charge in [-0.25, -0.2) is 13.1 Å². The highest BCUT2D eigenvalue weighted by Gasteiger charge is 2.26. The number of furan rings is 1. The SMILES string of the molecule is Cc1cc2c3c([nH]c2cc1S(=O)(=O)N[C@@H](C)Cc1ccco1)CCCC3=O. The average molecular weight is 386 g/mol. The lowest BCUT2D eigenvalue weighted by atomic mass is 9.94. The summed E-state index contributed by atoms with van der Waals surface area (Å²) in [5, 5.41) is 0.815. The number of sulfonamides is 1. The Morgan fingerprint density at radius 1 is 1.30 bits per heavy atom. The molecule has 0 saturated carbocycles. The number of benzene rings is 1. The van der Waals surface area contributed by atoms with E-state index in [1.807, 2.05) is 6.07 Å². The molecule has 4 rings (SSSR count). The molecule has 0 aliphatic heterocycles. The highest BCUT2D eigenvalue weighted by Crippen LogP contribution is 2.32. The van der Waals surface area contributed by atoms with Crippen molar-refractivity contribution in [3.63, 3.8) is 0 Å². The first-order valence-electron chi connectivity index (χ1n) is 9.08. The van der Waals surface area contributed by atoms with Crippen LogP contribution in [0.25, 0.3) is 10.9 Å². The average Bonchev–Trinajstić information content (AvgIpc) is 3.21. The van der Waals surface area contributed by atoms with Crippen molar-refractivity contribution in [2.75, 3.05) is 0 Å². The lowest BCUT2D eigenvalue weighted by Gasteiger charge is -2.15. The van der Waals surface area contributed by atoms with Gasteiger partial charge in [-0.05, 0) is 56.5 Å². The number of carbonyl (C=O) groups excluding carboxylic acids is 1. The van der Waals surface area contributed by atoms with Crippen molar-refractivity contribution >= 4 is 26.7 Å². The summed E-state index contributed by atoms with van der Waals surface area (Å²) in [5.41, 5.74) is 2.96. The van der Waals surface area contributed by atoms with E-state index in [1.165, 1.54) is 0 Å². The third kappa shape index (κ3) is 3.33. The summed E-state index contributed by atoms with van der Waals surface area (Å²) in [6, 6.07) is 6.73. The van der Waals surface area contributed by atoms with Gasteiger partial charge in [-0.1, -0.05) is 0 Å². The van der Waals surface area contributed by atoms with Gasteiger partial charge in [0.2, 0.25) is 10.0 Å². The van der Waals surface area contributed by atoms with E-state index in [-0.39, 0.29) is 16.7 Å². The molecule has 0 spiro atoms. The van der Waals surface area contributed by atoms with Crippen molar-refractivity contribution in [3.8, 4) is 0 Å². The Labute approximate surface area is 158 Å². The van der Waals surface area contributed by atoms with Gasteiger partial charge in [0.25, 0.3) is 0 Å². The Hall–Kier alpha value is -2.38. The van der Waals surface area contributed by atoms with E-state index in [0.717, 1.165) is 35.2 Å². The van der Waals surface area contributed by atoms with Gasteiger partial charge in [0.1, 0.15) is 5.76 Å². The number of carbonyl (C=O) groups is 1. The summed E-state index contributed by atoms with van der Waals surface area (Å²) in [7, 11) is -3.70. The molecule has 1 aromatic carbocycles. The lowest BCUT2D eigenvalue weighted by Crippen LogP contribution is -2.34. The highest BCUT2D eigenvalue weighted by molar-refractivity contribution is 7.89. The number of aryl methyl sites for hydroxylation is 2. The van der Waals surface area contributed by atoms with Crippen molar-refractivity contribution in [1.29, 1.82) is 0 Å². The van der Waals surface area contributed by atoms with E-state index in [1.54, 1.807) is 38.3 Å². The quantitative estimate of drug-likeness (QED) is 0.702. The van der Waals surface area contributed by atoms with E-state index in [0.29, 0.717) is 23.9 Å². The Morgan fingerprint density at radius 2 is 2.11 bits per heavy atom. The number of aromatic nitrogens is 1. The monoisotopic (exact) mass is 386 g/mol. The molecule has 7 heteroatoms. The van der Waals surface area contributed by atoms with Gasteiger partial charge >= 0.3 is 0 Å². The van der Waals surface area contributed by atoms with Crippen LogP contribution in [0.1, 0.15) is 47.1 Å². The number of Topliss-reactive ketones (excluding diaryl/α,β-unsaturated/α-hetero) is 1. The van der Waals surface area contributed by atoms with Crippen molar-refractivity contribution in [2.45, 2.75) is 50.5 Å². The van der Waals surface area contributed by atoms with Crippen LogP contribution in [0.2, 0.25) is 0 Å². The lowest BCUT2D eigenvalue weighted by molar-refractivity contribution is 0.0974. The van der Waals surface area contributed by atoms with Crippen molar-refractivity contribution < 1.29 is 17.6 Å². The van der Waals surface area contributed by atoms with E-state index in [9.17, 15) is 13.2 Å². The van der Waals surface area contributed by atoms with Gasteiger partial charge in [0.05, 0.1) is 11.2 Å². The third-order valence-corrected chi connectivity index (χ3v) is 6.75. The summed E-state index contributed by atoms with van der Waals surface area (Å²) in [4.78, 5) is 15.8. The van der Waals surface area contributed by atoms with Crippen LogP contribution in [-0.4, -0.2) is 25.2 Å².